The fourth-order valence-electron chi connectivity index (χ4n) is 1.33. The van der Waals surface area contributed by atoms with Crippen LogP contribution in [0.5, 0.6) is 0 Å². The molecule has 0 atom stereocenters. The molecule has 4 nitrogen and oxygen atoms in total. The van der Waals surface area contributed by atoms with E-state index in [0.717, 1.165) is 12.8 Å². The van der Waals surface area contributed by atoms with Crippen molar-refractivity contribution >= 4 is 11.9 Å². The molecule has 0 aromatic carbocycles. The van der Waals surface area contributed by atoms with Gasteiger partial charge in [-0.3, -0.25) is 9.59 Å². The number of carbonyl (C=O) groups is 2. The van der Waals surface area contributed by atoms with E-state index in [2.05, 4.69) is 12.2 Å². The van der Waals surface area contributed by atoms with E-state index in [1.54, 1.807) is 0 Å². The summed E-state index contributed by atoms with van der Waals surface area (Å²) in [5.74, 6) is -0.279. The molecule has 1 amide bonds. The molecule has 0 aromatic rings. The SMILES string of the molecule is CCCCCCOC(=O)CCNC(=O)C(C)(C)C. The summed E-state index contributed by atoms with van der Waals surface area (Å²) in [5, 5.41) is 2.72. The lowest BCUT2D eigenvalue weighted by Crippen LogP contribution is -2.36. The fourth-order valence-corrected chi connectivity index (χ4v) is 1.33. The fraction of sp³-hybridized carbons (Fsp3) is 0.857. The summed E-state index contributed by atoms with van der Waals surface area (Å²) in [7, 11) is 0. The van der Waals surface area contributed by atoms with E-state index in [1.807, 2.05) is 20.8 Å². The standard InChI is InChI=1S/C14H27NO3/c1-5-6-7-8-11-18-12(16)9-10-15-13(17)14(2,3)4/h5-11H2,1-4H3,(H,15,17). The normalized spacial score (nSPS) is 11.1. The van der Waals surface area contributed by atoms with Crippen molar-refractivity contribution in [1.29, 1.82) is 0 Å². The highest BCUT2D eigenvalue weighted by Gasteiger charge is 2.20. The number of esters is 1. The van der Waals surface area contributed by atoms with Gasteiger partial charge in [-0.05, 0) is 6.42 Å². The highest BCUT2D eigenvalue weighted by atomic mass is 16.5. The van der Waals surface area contributed by atoms with Crippen LogP contribution in [0.4, 0.5) is 0 Å². The first kappa shape index (κ1) is 16.9. The van der Waals surface area contributed by atoms with Crippen molar-refractivity contribution in [3.63, 3.8) is 0 Å². The van der Waals surface area contributed by atoms with Crippen molar-refractivity contribution in [2.24, 2.45) is 5.41 Å². The maximum absolute atomic E-state index is 11.5. The van der Waals surface area contributed by atoms with Crippen molar-refractivity contribution in [2.45, 2.75) is 59.8 Å². The third-order valence-corrected chi connectivity index (χ3v) is 2.56. The van der Waals surface area contributed by atoms with Gasteiger partial charge in [-0.15, -0.1) is 0 Å². The summed E-state index contributed by atoms with van der Waals surface area (Å²) in [6.45, 7) is 8.51. The average molecular weight is 257 g/mol. The largest absolute Gasteiger partial charge is 0.466 e. The molecule has 0 aliphatic rings. The molecular formula is C14H27NO3. The van der Waals surface area contributed by atoms with Crippen molar-refractivity contribution in [3.05, 3.63) is 0 Å². The Morgan fingerprint density at radius 1 is 1.11 bits per heavy atom. The van der Waals surface area contributed by atoms with Crippen LogP contribution in [0.2, 0.25) is 0 Å². The number of rotatable bonds is 8. The molecule has 0 fully saturated rings. The zero-order chi connectivity index (χ0) is 14.0. The average Bonchev–Trinajstić information content (AvgIpc) is 2.27. The van der Waals surface area contributed by atoms with E-state index in [9.17, 15) is 9.59 Å². The first-order valence-electron chi connectivity index (χ1n) is 6.82. The molecule has 1 N–H and O–H groups in total. The molecule has 0 aromatic heterocycles. The Kier molecular flexibility index (Phi) is 8.42. The van der Waals surface area contributed by atoms with Crippen LogP contribution in [-0.4, -0.2) is 25.0 Å². The van der Waals surface area contributed by atoms with Gasteiger partial charge in [0.2, 0.25) is 5.91 Å². The Bertz CT molecular complexity index is 256. The van der Waals surface area contributed by atoms with Crippen molar-refractivity contribution < 1.29 is 14.3 Å². The molecule has 18 heavy (non-hydrogen) atoms. The number of hydrogen-bond acceptors (Lipinski definition) is 3. The number of ether oxygens (including phenoxy) is 1. The van der Waals surface area contributed by atoms with E-state index in [1.165, 1.54) is 12.8 Å². The predicted molar refractivity (Wildman–Crippen MR) is 72.2 cm³/mol. The number of unbranched alkanes of at least 4 members (excludes halogenated alkanes) is 3. The predicted octanol–water partition coefficient (Wildman–Crippen LogP) is 2.66. The maximum atomic E-state index is 11.5. The molecule has 0 aliphatic carbocycles. The van der Waals surface area contributed by atoms with E-state index in [-0.39, 0.29) is 18.3 Å². The first-order chi connectivity index (χ1) is 8.38. The van der Waals surface area contributed by atoms with Gasteiger partial charge in [0.25, 0.3) is 0 Å². The Balaban J connectivity index is 3.51. The van der Waals surface area contributed by atoms with Crippen LogP contribution in [0.1, 0.15) is 59.8 Å². The molecule has 0 spiro atoms. The second-order valence-corrected chi connectivity index (χ2v) is 5.54. The summed E-state index contributed by atoms with van der Waals surface area (Å²) in [5.41, 5.74) is -0.413. The van der Waals surface area contributed by atoms with Crippen LogP contribution in [0.25, 0.3) is 0 Å². The molecule has 0 rings (SSSR count). The molecule has 0 bridgehead atoms. The molecular weight excluding hydrogens is 230 g/mol. The summed E-state index contributed by atoms with van der Waals surface area (Å²) >= 11 is 0. The zero-order valence-corrected chi connectivity index (χ0v) is 12.2. The van der Waals surface area contributed by atoms with Gasteiger partial charge in [-0.25, -0.2) is 0 Å². The summed E-state index contributed by atoms with van der Waals surface area (Å²) in [4.78, 5) is 22.8. The van der Waals surface area contributed by atoms with Crippen LogP contribution in [0, 0.1) is 5.41 Å². The minimum atomic E-state index is -0.413. The Hall–Kier alpha value is -1.06. The third kappa shape index (κ3) is 9.02. The number of nitrogens with one attached hydrogen (secondary N) is 1. The van der Waals surface area contributed by atoms with Crippen molar-refractivity contribution in [1.82, 2.24) is 5.32 Å². The third-order valence-electron chi connectivity index (χ3n) is 2.56. The second-order valence-electron chi connectivity index (χ2n) is 5.54. The number of amides is 1. The van der Waals surface area contributed by atoms with Gasteiger partial charge in [0.15, 0.2) is 0 Å². The van der Waals surface area contributed by atoms with Gasteiger partial charge >= 0.3 is 5.97 Å². The molecule has 4 heteroatoms. The van der Waals surface area contributed by atoms with Gasteiger partial charge in [0.05, 0.1) is 13.0 Å². The molecule has 0 saturated carbocycles. The van der Waals surface area contributed by atoms with Crippen LogP contribution >= 0.6 is 0 Å². The Labute approximate surface area is 110 Å². The monoisotopic (exact) mass is 257 g/mol. The lowest BCUT2D eigenvalue weighted by atomic mass is 9.96. The minimum Gasteiger partial charge on any atom is -0.466 e. The zero-order valence-electron chi connectivity index (χ0n) is 12.2. The highest BCUT2D eigenvalue weighted by molar-refractivity contribution is 5.81. The summed E-state index contributed by atoms with van der Waals surface area (Å²) in [6, 6.07) is 0. The van der Waals surface area contributed by atoms with Crippen molar-refractivity contribution in [3.8, 4) is 0 Å². The lowest BCUT2D eigenvalue weighted by molar-refractivity contribution is -0.143. The molecule has 0 unspecified atom stereocenters. The summed E-state index contributed by atoms with van der Waals surface area (Å²) < 4.78 is 5.07. The molecule has 106 valence electrons. The first-order valence-corrected chi connectivity index (χ1v) is 6.82. The maximum Gasteiger partial charge on any atom is 0.307 e. The van der Waals surface area contributed by atoms with E-state index < -0.39 is 5.41 Å². The van der Waals surface area contributed by atoms with Gasteiger partial charge in [-0.1, -0.05) is 47.0 Å². The quantitative estimate of drug-likeness (QED) is 0.537. The Morgan fingerprint density at radius 2 is 1.78 bits per heavy atom. The van der Waals surface area contributed by atoms with E-state index in [4.69, 9.17) is 4.74 Å². The second kappa shape index (κ2) is 8.95. The van der Waals surface area contributed by atoms with Gasteiger partial charge in [0.1, 0.15) is 0 Å². The lowest BCUT2D eigenvalue weighted by Gasteiger charge is -2.17. The number of hydrogen-bond donors (Lipinski definition) is 1. The van der Waals surface area contributed by atoms with Gasteiger partial charge in [0, 0.05) is 12.0 Å². The summed E-state index contributed by atoms with van der Waals surface area (Å²) in [6.07, 6.45) is 4.63. The van der Waals surface area contributed by atoms with Gasteiger partial charge in [-0.2, -0.15) is 0 Å². The van der Waals surface area contributed by atoms with Gasteiger partial charge < -0.3 is 10.1 Å². The molecule has 0 saturated heterocycles. The van der Waals surface area contributed by atoms with E-state index in [0.29, 0.717) is 13.2 Å². The smallest absolute Gasteiger partial charge is 0.307 e. The Morgan fingerprint density at radius 3 is 2.33 bits per heavy atom. The van der Waals surface area contributed by atoms with E-state index >= 15 is 0 Å². The molecule has 0 aliphatic heterocycles. The van der Waals surface area contributed by atoms with Crippen LogP contribution in [0.15, 0.2) is 0 Å². The number of carbonyl (C=O) groups excluding carboxylic acids is 2. The topological polar surface area (TPSA) is 55.4 Å². The van der Waals surface area contributed by atoms with Crippen LogP contribution < -0.4 is 5.32 Å². The van der Waals surface area contributed by atoms with Crippen molar-refractivity contribution in [2.75, 3.05) is 13.2 Å². The van der Waals surface area contributed by atoms with Crippen LogP contribution in [-0.2, 0) is 14.3 Å². The highest BCUT2D eigenvalue weighted by Crippen LogP contribution is 2.12. The minimum absolute atomic E-state index is 0.0433. The molecule has 0 heterocycles. The molecule has 0 radical (unpaired) electrons. The van der Waals surface area contributed by atoms with Crippen LogP contribution in [0.3, 0.4) is 0 Å².